The summed E-state index contributed by atoms with van der Waals surface area (Å²) >= 11 is 23.5. The molecule has 0 fully saturated rings. The summed E-state index contributed by atoms with van der Waals surface area (Å²) in [5.41, 5.74) is 1.78. The summed E-state index contributed by atoms with van der Waals surface area (Å²) in [4.78, 5) is 16.9. The average molecular weight is 484 g/mol. The van der Waals surface area contributed by atoms with E-state index in [2.05, 4.69) is 20.9 Å². The Morgan fingerprint density at radius 3 is 2.43 bits per heavy atom. The maximum absolute atomic E-state index is 12.6. The number of ether oxygens (including phenoxy) is 1. The molecule has 156 valence electrons. The third-order valence-corrected chi connectivity index (χ3v) is 4.99. The highest BCUT2D eigenvalue weighted by atomic mass is 35.6. The van der Waals surface area contributed by atoms with Gasteiger partial charge in [0.15, 0.2) is 5.11 Å². The minimum absolute atomic E-state index is 0.152. The summed E-state index contributed by atoms with van der Waals surface area (Å²) in [5.74, 6) is 0.174. The SMILES string of the molecule is COc1ccc(C(=O)N[C@H](NC(=S)Nc2cccc3cccnc23)C(Cl)(Cl)Cl)cc1. The number of para-hydroxylation sites is 1. The van der Waals surface area contributed by atoms with Gasteiger partial charge in [-0.25, -0.2) is 0 Å². The quantitative estimate of drug-likeness (QED) is 0.278. The molecule has 3 rings (SSSR count). The molecule has 10 heteroatoms. The van der Waals surface area contributed by atoms with Crippen molar-refractivity contribution >= 4 is 74.6 Å². The zero-order chi connectivity index (χ0) is 21.7. The highest BCUT2D eigenvalue weighted by Gasteiger charge is 2.35. The van der Waals surface area contributed by atoms with Gasteiger partial charge in [-0.15, -0.1) is 0 Å². The van der Waals surface area contributed by atoms with Crippen molar-refractivity contribution in [2.75, 3.05) is 12.4 Å². The Bertz CT molecular complexity index is 1050. The largest absolute Gasteiger partial charge is 0.497 e. The number of rotatable bonds is 5. The van der Waals surface area contributed by atoms with Crippen molar-refractivity contribution in [2.24, 2.45) is 0 Å². The molecule has 3 aromatic rings. The Morgan fingerprint density at radius 1 is 1.07 bits per heavy atom. The first-order valence-electron chi connectivity index (χ1n) is 8.71. The molecule has 1 aromatic heterocycles. The fraction of sp³-hybridized carbons (Fsp3) is 0.150. The number of hydrogen-bond acceptors (Lipinski definition) is 4. The van der Waals surface area contributed by atoms with Crippen LogP contribution >= 0.6 is 47.0 Å². The Kier molecular flexibility index (Phi) is 7.20. The number of methoxy groups -OCH3 is 1. The molecule has 0 unspecified atom stereocenters. The summed E-state index contributed by atoms with van der Waals surface area (Å²) in [7, 11) is 1.54. The third-order valence-electron chi connectivity index (χ3n) is 4.11. The van der Waals surface area contributed by atoms with E-state index in [1.54, 1.807) is 30.5 Å². The number of nitrogens with zero attached hydrogens (tertiary/aromatic N) is 1. The van der Waals surface area contributed by atoms with Gasteiger partial charge in [0, 0.05) is 17.1 Å². The van der Waals surface area contributed by atoms with Crippen molar-refractivity contribution in [2.45, 2.75) is 9.96 Å². The lowest BCUT2D eigenvalue weighted by molar-refractivity contribution is 0.0934. The molecule has 0 spiro atoms. The van der Waals surface area contributed by atoms with Crippen LogP contribution < -0.4 is 20.7 Å². The number of pyridine rings is 1. The van der Waals surface area contributed by atoms with Gasteiger partial charge >= 0.3 is 0 Å². The number of alkyl halides is 3. The van der Waals surface area contributed by atoms with Crippen LogP contribution in [0.1, 0.15) is 10.4 Å². The van der Waals surface area contributed by atoms with E-state index < -0.39 is 15.9 Å². The summed E-state index contributed by atoms with van der Waals surface area (Å²) in [6.45, 7) is 0. The van der Waals surface area contributed by atoms with Crippen molar-refractivity contribution in [3.63, 3.8) is 0 Å². The number of fused-ring (bicyclic) bond motifs is 1. The van der Waals surface area contributed by atoms with E-state index in [-0.39, 0.29) is 5.11 Å². The molecule has 0 aliphatic rings. The van der Waals surface area contributed by atoms with E-state index in [0.717, 1.165) is 10.9 Å². The fourth-order valence-electron chi connectivity index (χ4n) is 2.65. The maximum Gasteiger partial charge on any atom is 0.252 e. The standard InChI is InChI=1S/C20H17Cl3N4O2S/c1-29-14-9-7-13(8-10-14)17(28)26-18(20(21,22)23)27-19(30)25-15-6-2-4-12-5-3-11-24-16(12)15/h2-11,18H,1H3,(H,26,28)(H2,25,27,30)/t18-/m1/s1. The van der Waals surface area contributed by atoms with Crippen LogP contribution in [0.5, 0.6) is 5.75 Å². The number of halogens is 3. The second kappa shape index (κ2) is 9.66. The van der Waals surface area contributed by atoms with Crippen molar-refractivity contribution in [1.82, 2.24) is 15.6 Å². The van der Waals surface area contributed by atoms with Crippen LogP contribution in [-0.2, 0) is 0 Å². The smallest absolute Gasteiger partial charge is 0.252 e. The van der Waals surface area contributed by atoms with Gasteiger partial charge in [-0.05, 0) is 48.6 Å². The molecule has 2 aromatic carbocycles. The van der Waals surface area contributed by atoms with Gasteiger partial charge in [0.1, 0.15) is 11.9 Å². The van der Waals surface area contributed by atoms with Gasteiger partial charge < -0.3 is 20.7 Å². The number of benzene rings is 2. The number of amides is 1. The second-order valence-corrected chi connectivity index (χ2v) is 8.93. The van der Waals surface area contributed by atoms with Crippen LogP contribution in [0.15, 0.2) is 60.8 Å². The van der Waals surface area contributed by atoms with Crippen LogP contribution in [-0.4, -0.2) is 33.1 Å². The average Bonchev–Trinajstić information content (AvgIpc) is 2.73. The zero-order valence-electron chi connectivity index (χ0n) is 15.7. The highest BCUT2D eigenvalue weighted by molar-refractivity contribution is 7.80. The molecule has 1 atom stereocenters. The van der Waals surface area contributed by atoms with Crippen LogP contribution in [0.2, 0.25) is 0 Å². The predicted molar refractivity (Wildman–Crippen MR) is 126 cm³/mol. The van der Waals surface area contributed by atoms with Crippen LogP contribution in [0, 0.1) is 0 Å². The molecule has 0 aliphatic carbocycles. The first-order valence-corrected chi connectivity index (χ1v) is 10.2. The number of carbonyl (C=O) groups excluding carboxylic acids is 1. The van der Waals surface area contributed by atoms with Crippen molar-refractivity contribution in [1.29, 1.82) is 0 Å². The molecule has 0 saturated carbocycles. The minimum Gasteiger partial charge on any atom is -0.497 e. The monoisotopic (exact) mass is 482 g/mol. The number of carbonyl (C=O) groups is 1. The van der Waals surface area contributed by atoms with Crippen molar-refractivity contribution in [3.05, 3.63) is 66.4 Å². The van der Waals surface area contributed by atoms with E-state index in [9.17, 15) is 4.79 Å². The molecule has 0 aliphatic heterocycles. The Balaban J connectivity index is 1.72. The van der Waals surface area contributed by atoms with Crippen LogP contribution in [0.3, 0.4) is 0 Å². The van der Waals surface area contributed by atoms with E-state index in [1.165, 1.54) is 7.11 Å². The Morgan fingerprint density at radius 2 is 1.77 bits per heavy atom. The van der Waals surface area contributed by atoms with Gasteiger partial charge in [-0.1, -0.05) is 53.0 Å². The highest BCUT2D eigenvalue weighted by Crippen LogP contribution is 2.29. The molecule has 6 nitrogen and oxygen atoms in total. The molecule has 1 amide bonds. The lowest BCUT2D eigenvalue weighted by Crippen LogP contribution is -2.56. The Hall–Kier alpha value is -2.32. The predicted octanol–water partition coefficient (Wildman–Crippen LogP) is 4.66. The lowest BCUT2D eigenvalue weighted by Gasteiger charge is -2.28. The van der Waals surface area contributed by atoms with Gasteiger partial charge in [-0.3, -0.25) is 9.78 Å². The van der Waals surface area contributed by atoms with Crippen LogP contribution in [0.4, 0.5) is 5.69 Å². The summed E-state index contributed by atoms with van der Waals surface area (Å²) in [5, 5.41) is 9.59. The van der Waals surface area contributed by atoms with Gasteiger partial charge in [0.25, 0.3) is 5.91 Å². The second-order valence-electron chi connectivity index (χ2n) is 6.16. The summed E-state index contributed by atoms with van der Waals surface area (Å²) < 4.78 is 3.22. The van der Waals surface area contributed by atoms with Gasteiger partial charge in [0.2, 0.25) is 3.79 Å². The number of nitrogens with one attached hydrogen (secondary N) is 3. The van der Waals surface area contributed by atoms with E-state index >= 15 is 0 Å². The number of aromatic nitrogens is 1. The molecule has 30 heavy (non-hydrogen) atoms. The first-order chi connectivity index (χ1) is 14.3. The first kappa shape index (κ1) is 22.4. The molecule has 3 N–H and O–H groups in total. The number of anilines is 1. The third kappa shape index (κ3) is 5.64. The number of thiocarbonyl (C=S) groups is 1. The molecule has 0 bridgehead atoms. The fourth-order valence-corrected chi connectivity index (χ4v) is 3.21. The molecule has 0 radical (unpaired) electrons. The Labute approximate surface area is 193 Å². The summed E-state index contributed by atoms with van der Waals surface area (Å²) in [6.07, 6.45) is 0.587. The normalized spacial score (nSPS) is 12.1. The minimum atomic E-state index is -1.87. The molecule has 0 saturated heterocycles. The summed E-state index contributed by atoms with van der Waals surface area (Å²) in [6, 6.07) is 15.9. The molecular weight excluding hydrogens is 467 g/mol. The molecular formula is C20H17Cl3N4O2S. The van der Waals surface area contributed by atoms with E-state index in [1.807, 2.05) is 30.3 Å². The van der Waals surface area contributed by atoms with Crippen molar-refractivity contribution < 1.29 is 9.53 Å². The van der Waals surface area contributed by atoms with E-state index in [4.69, 9.17) is 51.8 Å². The van der Waals surface area contributed by atoms with Gasteiger partial charge in [0.05, 0.1) is 18.3 Å². The van der Waals surface area contributed by atoms with Crippen molar-refractivity contribution in [3.8, 4) is 5.75 Å². The lowest BCUT2D eigenvalue weighted by atomic mass is 10.2. The topological polar surface area (TPSA) is 75.3 Å². The van der Waals surface area contributed by atoms with E-state index in [0.29, 0.717) is 17.0 Å². The zero-order valence-corrected chi connectivity index (χ0v) is 18.7. The van der Waals surface area contributed by atoms with Gasteiger partial charge in [-0.2, -0.15) is 0 Å². The molecule has 1 heterocycles. The van der Waals surface area contributed by atoms with Crippen LogP contribution in [0.25, 0.3) is 10.9 Å². The number of hydrogen-bond donors (Lipinski definition) is 3. The maximum atomic E-state index is 12.6.